The summed E-state index contributed by atoms with van der Waals surface area (Å²) in [6, 6.07) is 7.72. The average molecular weight is 292 g/mol. The van der Waals surface area contributed by atoms with Crippen molar-refractivity contribution in [1.29, 1.82) is 0 Å². The van der Waals surface area contributed by atoms with Gasteiger partial charge in [0.1, 0.15) is 5.75 Å². The predicted molar refractivity (Wildman–Crippen MR) is 81.4 cm³/mol. The van der Waals surface area contributed by atoms with Gasteiger partial charge >= 0.3 is 0 Å². The van der Waals surface area contributed by atoms with E-state index >= 15 is 0 Å². The third-order valence-electron chi connectivity index (χ3n) is 3.71. The van der Waals surface area contributed by atoms with Gasteiger partial charge in [0, 0.05) is 26.2 Å². The molecule has 21 heavy (non-hydrogen) atoms. The Morgan fingerprint density at radius 3 is 2.90 bits per heavy atom. The van der Waals surface area contributed by atoms with Gasteiger partial charge in [0.15, 0.2) is 6.61 Å². The van der Waals surface area contributed by atoms with Gasteiger partial charge in [0.25, 0.3) is 5.91 Å². The van der Waals surface area contributed by atoms with Crippen molar-refractivity contribution in [3.05, 3.63) is 29.8 Å². The molecule has 0 bridgehead atoms. The van der Waals surface area contributed by atoms with Crippen molar-refractivity contribution in [2.24, 2.45) is 0 Å². The smallest absolute Gasteiger partial charge is 0.260 e. The molecule has 5 heteroatoms. The van der Waals surface area contributed by atoms with Crippen LogP contribution < -0.4 is 4.74 Å². The number of ether oxygens (including phenoxy) is 1. The van der Waals surface area contributed by atoms with E-state index in [4.69, 9.17) is 9.84 Å². The minimum atomic E-state index is 0.0300. The molecule has 1 aliphatic heterocycles. The van der Waals surface area contributed by atoms with Crippen LogP contribution in [0.2, 0.25) is 0 Å². The normalized spacial score (nSPS) is 16.6. The monoisotopic (exact) mass is 292 g/mol. The summed E-state index contributed by atoms with van der Waals surface area (Å²) in [5, 5.41) is 8.98. The van der Waals surface area contributed by atoms with Crippen LogP contribution in [-0.4, -0.2) is 66.8 Å². The highest BCUT2D eigenvalue weighted by Crippen LogP contribution is 2.12. The van der Waals surface area contributed by atoms with Gasteiger partial charge in [0.05, 0.1) is 6.61 Å². The summed E-state index contributed by atoms with van der Waals surface area (Å²) < 4.78 is 5.57. The lowest BCUT2D eigenvalue weighted by molar-refractivity contribution is -0.133. The van der Waals surface area contributed by atoms with Crippen LogP contribution in [0.5, 0.6) is 5.75 Å². The topological polar surface area (TPSA) is 53.0 Å². The number of benzene rings is 1. The molecule has 1 heterocycles. The number of hydrogen-bond donors (Lipinski definition) is 1. The third-order valence-corrected chi connectivity index (χ3v) is 3.71. The molecule has 0 radical (unpaired) electrons. The van der Waals surface area contributed by atoms with Crippen molar-refractivity contribution in [3.8, 4) is 5.75 Å². The van der Waals surface area contributed by atoms with Gasteiger partial charge in [0.2, 0.25) is 0 Å². The summed E-state index contributed by atoms with van der Waals surface area (Å²) in [5.41, 5.74) is 1.12. The standard InChI is InChI=1S/C16H24N2O3/c1-14-4-2-5-15(12-14)21-13-16(20)18-7-3-6-17(8-9-18)10-11-19/h2,4-5,12,19H,3,6-11,13H2,1H3. The summed E-state index contributed by atoms with van der Waals surface area (Å²) in [7, 11) is 0. The van der Waals surface area contributed by atoms with E-state index in [-0.39, 0.29) is 19.1 Å². The van der Waals surface area contributed by atoms with Crippen LogP contribution >= 0.6 is 0 Å². The Balaban J connectivity index is 1.80. The fraction of sp³-hybridized carbons (Fsp3) is 0.562. The maximum absolute atomic E-state index is 12.2. The Bertz CT molecular complexity index is 465. The van der Waals surface area contributed by atoms with Crippen molar-refractivity contribution in [2.75, 3.05) is 45.9 Å². The number of hydrogen-bond acceptors (Lipinski definition) is 4. The zero-order chi connectivity index (χ0) is 15.1. The van der Waals surface area contributed by atoms with E-state index in [1.807, 2.05) is 36.1 Å². The lowest BCUT2D eigenvalue weighted by Gasteiger charge is -2.21. The van der Waals surface area contributed by atoms with E-state index in [0.29, 0.717) is 13.1 Å². The van der Waals surface area contributed by atoms with Crippen molar-refractivity contribution in [1.82, 2.24) is 9.80 Å². The summed E-state index contributed by atoms with van der Waals surface area (Å²) in [4.78, 5) is 16.3. The molecule has 1 fully saturated rings. The molecule has 2 rings (SSSR count). The average Bonchev–Trinajstić information content (AvgIpc) is 2.71. The van der Waals surface area contributed by atoms with Crippen molar-refractivity contribution in [3.63, 3.8) is 0 Å². The van der Waals surface area contributed by atoms with Crippen LogP contribution in [-0.2, 0) is 4.79 Å². The van der Waals surface area contributed by atoms with Crippen molar-refractivity contribution >= 4 is 5.91 Å². The van der Waals surface area contributed by atoms with E-state index < -0.39 is 0 Å². The van der Waals surface area contributed by atoms with E-state index in [1.54, 1.807) is 0 Å². The molecular formula is C16H24N2O3. The fourth-order valence-electron chi connectivity index (χ4n) is 2.53. The highest BCUT2D eigenvalue weighted by Gasteiger charge is 2.19. The number of aryl methyl sites for hydroxylation is 1. The summed E-state index contributed by atoms with van der Waals surface area (Å²) >= 11 is 0. The second-order valence-corrected chi connectivity index (χ2v) is 5.40. The Morgan fingerprint density at radius 2 is 2.14 bits per heavy atom. The van der Waals surface area contributed by atoms with E-state index in [1.165, 1.54) is 0 Å². The van der Waals surface area contributed by atoms with Gasteiger partial charge in [-0.1, -0.05) is 12.1 Å². The Morgan fingerprint density at radius 1 is 1.29 bits per heavy atom. The quantitative estimate of drug-likeness (QED) is 0.876. The Labute approximate surface area is 126 Å². The van der Waals surface area contributed by atoms with E-state index in [0.717, 1.165) is 37.4 Å². The first-order chi connectivity index (χ1) is 10.2. The predicted octanol–water partition coefficient (Wildman–Crippen LogP) is 0.900. The molecule has 0 unspecified atom stereocenters. The number of carbonyl (C=O) groups excluding carboxylic acids is 1. The number of nitrogens with zero attached hydrogens (tertiary/aromatic N) is 2. The van der Waals surface area contributed by atoms with Gasteiger partial charge < -0.3 is 14.7 Å². The molecule has 0 aliphatic carbocycles. The molecule has 1 aromatic rings. The molecule has 0 saturated carbocycles. The SMILES string of the molecule is Cc1cccc(OCC(=O)N2CCCN(CCO)CC2)c1. The first-order valence-corrected chi connectivity index (χ1v) is 7.49. The van der Waals surface area contributed by atoms with Crippen LogP contribution in [0.15, 0.2) is 24.3 Å². The highest BCUT2D eigenvalue weighted by molar-refractivity contribution is 5.77. The van der Waals surface area contributed by atoms with Gasteiger partial charge in [-0.3, -0.25) is 9.69 Å². The fourth-order valence-corrected chi connectivity index (χ4v) is 2.53. The Hall–Kier alpha value is -1.59. The largest absolute Gasteiger partial charge is 0.484 e. The minimum absolute atomic E-state index is 0.0300. The molecule has 1 aromatic carbocycles. The van der Waals surface area contributed by atoms with Gasteiger partial charge in [-0.15, -0.1) is 0 Å². The van der Waals surface area contributed by atoms with Gasteiger partial charge in [-0.2, -0.15) is 0 Å². The molecule has 1 amide bonds. The summed E-state index contributed by atoms with van der Waals surface area (Å²) in [5.74, 6) is 0.766. The maximum atomic E-state index is 12.2. The van der Waals surface area contributed by atoms with Gasteiger partial charge in [-0.25, -0.2) is 0 Å². The molecule has 0 atom stereocenters. The molecule has 1 aliphatic rings. The van der Waals surface area contributed by atoms with E-state index in [9.17, 15) is 4.79 Å². The van der Waals surface area contributed by atoms with Crippen LogP contribution in [0.4, 0.5) is 0 Å². The molecule has 5 nitrogen and oxygen atoms in total. The third kappa shape index (κ3) is 5.02. The van der Waals surface area contributed by atoms with Crippen LogP contribution in [0, 0.1) is 6.92 Å². The molecule has 0 spiro atoms. The molecule has 1 N–H and O–H groups in total. The number of carbonyl (C=O) groups is 1. The first-order valence-electron chi connectivity index (χ1n) is 7.49. The maximum Gasteiger partial charge on any atom is 0.260 e. The van der Waals surface area contributed by atoms with Crippen LogP contribution in [0.3, 0.4) is 0 Å². The number of amides is 1. The second kappa shape index (κ2) is 8.00. The number of aliphatic hydroxyl groups is 1. The van der Waals surface area contributed by atoms with Crippen LogP contribution in [0.25, 0.3) is 0 Å². The zero-order valence-corrected chi connectivity index (χ0v) is 12.6. The van der Waals surface area contributed by atoms with Gasteiger partial charge in [-0.05, 0) is 37.6 Å². The molecule has 1 saturated heterocycles. The lowest BCUT2D eigenvalue weighted by Crippen LogP contribution is -2.38. The number of β-amino-alcohol motifs (C(OH)–C–C–N with tert-alkyl or cyclic N) is 1. The summed E-state index contributed by atoms with van der Waals surface area (Å²) in [6.07, 6.45) is 0.941. The zero-order valence-electron chi connectivity index (χ0n) is 12.6. The number of rotatable bonds is 5. The molecular weight excluding hydrogens is 268 g/mol. The Kier molecular flexibility index (Phi) is 6.02. The van der Waals surface area contributed by atoms with Crippen molar-refractivity contribution < 1.29 is 14.6 Å². The summed E-state index contributed by atoms with van der Waals surface area (Å²) in [6.45, 7) is 6.16. The highest BCUT2D eigenvalue weighted by atomic mass is 16.5. The minimum Gasteiger partial charge on any atom is -0.484 e. The van der Waals surface area contributed by atoms with E-state index in [2.05, 4.69) is 4.90 Å². The lowest BCUT2D eigenvalue weighted by atomic mass is 10.2. The first kappa shape index (κ1) is 15.8. The molecule has 0 aromatic heterocycles. The number of aliphatic hydroxyl groups excluding tert-OH is 1. The van der Waals surface area contributed by atoms with Crippen molar-refractivity contribution in [2.45, 2.75) is 13.3 Å². The second-order valence-electron chi connectivity index (χ2n) is 5.40. The molecule has 116 valence electrons. The van der Waals surface area contributed by atoms with Crippen LogP contribution in [0.1, 0.15) is 12.0 Å².